The van der Waals surface area contributed by atoms with Crippen molar-refractivity contribution in [2.45, 2.75) is 39.5 Å². The van der Waals surface area contributed by atoms with Crippen LogP contribution >= 0.6 is 0 Å². The molecule has 1 aliphatic carbocycles. The highest BCUT2D eigenvalue weighted by Crippen LogP contribution is 2.26. The summed E-state index contributed by atoms with van der Waals surface area (Å²) in [7, 11) is 0. The highest BCUT2D eigenvalue weighted by atomic mass is 16.1. The first kappa shape index (κ1) is 9.43. The van der Waals surface area contributed by atoms with Crippen molar-refractivity contribution in [2.24, 2.45) is 11.8 Å². The highest BCUT2D eigenvalue weighted by Gasteiger charge is 2.29. The maximum Gasteiger partial charge on any atom is 0.139 e. The third-order valence-electron chi connectivity index (χ3n) is 2.75. The van der Waals surface area contributed by atoms with Crippen LogP contribution in [0.5, 0.6) is 0 Å². The fourth-order valence-corrected chi connectivity index (χ4v) is 1.66. The van der Waals surface area contributed by atoms with E-state index < -0.39 is 0 Å². The van der Waals surface area contributed by atoms with E-state index in [1.54, 1.807) is 0 Å². The summed E-state index contributed by atoms with van der Waals surface area (Å²) in [5.41, 5.74) is 0. The third-order valence-corrected chi connectivity index (χ3v) is 2.75. The summed E-state index contributed by atoms with van der Waals surface area (Å²) in [5.74, 6) is 0.744. The Morgan fingerprint density at radius 1 is 1.67 bits per heavy atom. The van der Waals surface area contributed by atoms with Crippen molar-refractivity contribution in [3.05, 3.63) is 0 Å². The Hall–Kier alpha value is -0.660. The lowest BCUT2D eigenvalue weighted by molar-refractivity contribution is -0.127. The van der Waals surface area contributed by atoms with E-state index in [4.69, 9.17) is 0 Å². The molecule has 0 N–H and O–H groups in total. The first-order valence-electron chi connectivity index (χ1n) is 4.70. The topological polar surface area (TPSA) is 34.1 Å². The van der Waals surface area contributed by atoms with Crippen molar-refractivity contribution in [2.75, 3.05) is 0 Å². The zero-order valence-electron chi connectivity index (χ0n) is 7.80. The first-order valence-corrected chi connectivity index (χ1v) is 4.70. The molecule has 68 valence electrons. The van der Waals surface area contributed by atoms with E-state index in [2.05, 4.69) is 0 Å². The maximum absolute atomic E-state index is 11.6. The molecule has 0 aromatic heterocycles. The second-order valence-corrected chi connectivity index (χ2v) is 3.69. The van der Waals surface area contributed by atoms with Gasteiger partial charge in [-0.2, -0.15) is 0 Å². The minimum atomic E-state index is 0.0486. The fraction of sp³-hybridized carbons (Fsp3) is 0.800. The molecule has 12 heavy (non-hydrogen) atoms. The van der Waals surface area contributed by atoms with Crippen LogP contribution < -0.4 is 0 Å². The second-order valence-electron chi connectivity index (χ2n) is 3.69. The molecule has 1 aliphatic rings. The molecule has 1 fully saturated rings. The zero-order valence-corrected chi connectivity index (χ0v) is 7.80. The van der Waals surface area contributed by atoms with Crippen LogP contribution in [0.3, 0.4) is 0 Å². The van der Waals surface area contributed by atoms with Crippen molar-refractivity contribution in [1.82, 2.24) is 0 Å². The van der Waals surface area contributed by atoms with E-state index in [1.807, 2.05) is 13.8 Å². The van der Waals surface area contributed by atoms with Crippen molar-refractivity contribution in [3.8, 4) is 0 Å². The molecule has 0 bridgehead atoms. The Morgan fingerprint density at radius 3 is 2.75 bits per heavy atom. The summed E-state index contributed by atoms with van der Waals surface area (Å²) in [4.78, 5) is 22.5. The van der Waals surface area contributed by atoms with E-state index in [0.717, 1.165) is 12.8 Å². The molecule has 1 saturated carbocycles. The molecule has 2 heteroatoms. The van der Waals surface area contributed by atoms with E-state index >= 15 is 0 Å². The molecule has 0 amide bonds. The number of ketones is 2. The van der Waals surface area contributed by atoms with E-state index in [1.165, 1.54) is 0 Å². The summed E-state index contributed by atoms with van der Waals surface area (Å²) < 4.78 is 0. The lowest BCUT2D eigenvalue weighted by Crippen LogP contribution is -2.19. The van der Waals surface area contributed by atoms with Crippen molar-refractivity contribution in [3.63, 3.8) is 0 Å². The molecule has 0 aliphatic heterocycles. The van der Waals surface area contributed by atoms with Crippen LogP contribution in [0.1, 0.15) is 39.5 Å². The van der Waals surface area contributed by atoms with Gasteiger partial charge in [0.1, 0.15) is 11.6 Å². The molecular formula is C10H16O2. The summed E-state index contributed by atoms with van der Waals surface area (Å²) in [6.45, 7) is 3.96. The summed E-state index contributed by atoms with van der Waals surface area (Å²) in [6.07, 6.45) is 2.81. The van der Waals surface area contributed by atoms with Crippen LogP contribution in [0, 0.1) is 11.8 Å². The Balaban J connectivity index is 2.48. The van der Waals surface area contributed by atoms with Gasteiger partial charge in [0.25, 0.3) is 0 Å². The van der Waals surface area contributed by atoms with Crippen LogP contribution in [-0.2, 0) is 9.59 Å². The van der Waals surface area contributed by atoms with Crippen molar-refractivity contribution < 1.29 is 9.59 Å². The minimum Gasteiger partial charge on any atom is -0.300 e. The molecule has 1 rings (SSSR count). The summed E-state index contributed by atoms with van der Waals surface area (Å²) in [5, 5.41) is 0. The molecule has 2 unspecified atom stereocenters. The Kier molecular flexibility index (Phi) is 3.01. The minimum absolute atomic E-state index is 0.0486. The molecule has 0 radical (unpaired) electrons. The van der Waals surface area contributed by atoms with E-state index in [9.17, 15) is 9.59 Å². The van der Waals surface area contributed by atoms with Gasteiger partial charge >= 0.3 is 0 Å². The van der Waals surface area contributed by atoms with Gasteiger partial charge < -0.3 is 0 Å². The molecule has 0 aromatic rings. The first-order chi connectivity index (χ1) is 5.65. The van der Waals surface area contributed by atoms with Gasteiger partial charge in [-0.3, -0.25) is 9.59 Å². The van der Waals surface area contributed by atoms with E-state index in [0.29, 0.717) is 18.6 Å². The van der Waals surface area contributed by atoms with Gasteiger partial charge in [0.2, 0.25) is 0 Å². The average molecular weight is 168 g/mol. The maximum atomic E-state index is 11.6. The molecule has 2 nitrogen and oxygen atoms in total. The SMILES string of the molecule is CCC(C)C(=O)C1CCC(=O)C1. The molecule has 0 saturated heterocycles. The van der Waals surface area contributed by atoms with Gasteiger partial charge in [0, 0.05) is 24.7 Å². The number of carbonyl (C=O) groups excluding carboxylic acids is 2. The van der Waals surface area contributed by atoms with Crippen LogP contribution in [0.4, 0.5) is 0 Å². The molecular weight excluding hydrogens is 152 g/mol. The summed E-state index contributed by atoms with van der Waals surface area (Å²) in [6, 6.07) is 0. The molecule has 0 heterocycles. The highest BCUT2D eigenvalue weighted by molar-refractivity contribution is 5.91. The van der Waals surface area contributed by atoms with Crippen LogP contribution in [0.2, 0.25) is 0 Å². The van der Waals surface area contributed by atoms with Gasteiger partial charge in [-0.05, 0) is 12.8 Å². The molecule has 0 spiro atoms. The van der Waals surface area contributed by atoms with Gasteiger partial charge in [-0.25, -0.2) is 0 Å². The van der Waals surface area contributed by atoms with Gasteiger partial charge in [-0.1, -0.05) is 13.8 Å². The smallest absolute Gasteiger partial charge is 0.139 e. The number of hydrogen-bond acceptors (Lipinski definition) is 2. The van der Waals surface area contributed by atoms with Crippen molar-refractivity contribution >= 4 is 11.6 Å². The largest absolute Gasteiger partial charge is 0.300 e. The monoisotopic (exact) mass is 168 g/mol. The quantitative estimate of drug-likeness (QED) is 0.645. The summed E-state index contributed by atoms with van der Waals surface area (Å²) >= 11 is 0. The van der Waals surface area contributed by atoms with Gasteiger partial charge in [0.15, 0.2) is 0 Å². The molecule has 0 aromatic carbocycles. The third kappa shape index (κ3) is 1.93. The fourth-order valence-electron chi connectivity index (χ4n) is 1.66. The lowest BCUT2D eigenvalue weighted by atomic mass is 9.91. The zero-order chi connectivity index (χ0) is 9.14. The normalized spacial score (nSPS) is 25.8. The van der Waals surface area contributed by atoms with Crippen molar-refractivity contribution in [1.29, 1.82) is 0 Å². The Bertz CT molecular complexity index is 196. The standard InChI is InChI=1S/C10H16O2/c1-3-7(2)10(12)8-4-5-9(11)6-8/h7-8H,3-6H2,1-2H3. The van der Waals surface area contributed by atoms with Crippen LogP contribution in [-0.4, -0.2) is 11.6 Å². The number of rotatable bonds is 3. The number of carbonyl (C=O) groups is 2. The van der Waals surface area contributed by atoms with Crippen LogP contribution in [0.25, 0.3) is 0 Å². The lowest BCUT2D eigenvalue weighted by Gasteiger charge is -2.11. The Morgan fingerprint density at radius 2 is 2.33 bits per heavy atom. The van der Waals surface area contributed by atoms with Gasteiger partial charge in [-0.15, -0.1) is 0 Å². The number of Topliss-reactive ketones (excluding diaryl/α,β-unsaturated/α-hetero) is 2. The molecule has 2 atom stereocenters. The predicted octanol–water partition coefficient (Wildman–Crippen LogP) is 1.97. The number of hydrogen-bond donors (Lipinski definition) is 0. The van der Waals surface area contributed by atoms with E-state index in [-0.39, 0.29) is 17.6 Å². The Labute approximate surface area is 73.3 Å². The van der Waals surface area contributed by atoms with Crippen LogP contribution in [0.15, 0.2) is 0 Å². The predicted molar refractivity (Wildman–Crippen MR) is 46.8 cm³/mol. The average Bonchev–Trinajstić information content (AvgIpc) is 2.49. The van der Waals surface area contributed by atoms with Gasteiger partial charge in [0.05, 0.1) is 0 Å². The second kappa shape index (κ2) is 3.83.